The molecule has 1 aromatic carbocycles. The first-order valence-electron chi connectivity index (χ1n) is 10.1. The lowest BCUT2D eigenvalue weighted by molar-refractivity contribution is -0.141. The van der Waals surface area contributed by atoms with Crippen molar-refractivity contribution in [1.82, 2.24) is 14.5 Å². The van der Waals surface area contributed by atoms with Crippen LogP contribution in [0.2, 0.25) is 0 Å². The van der Waals surface area contributed by atoms with Crippen LogP contribution in [-0.4, -0.2) is 51.8 Å². The standard InChI is InChI=1S/C21H19F4N5O3/c1-2-28-11-13(19(32)33)18(31)12-9-14(22)16(10-15(12)28)29-5-7-30(8-6-29)20-26-4-3-17(27-20)21(23,24)25/h3-4,9-11H,2,5-8H2,1H3,(H,32,33). The van der Waals surface area contributed by atoms with E-state index in [0.717, 1.165) is 18.3 Å². The normalized spacial score (nSPS) is 14.7. The number of carboxylic acids is 1. The molecule has 174 valence electrons. The zero-order valence-corrected chi connectivity index (χ0v) is 17.4. The second kappa shape index (κ2) is 8.34. The Balaban J connectivity index is 1.62. The number of hydrogen-bond acceptors (Lipinski definition) is 6. The number of nitrogens with zero attached hydrogens (tertiary/aromatic N) is 5. The molecule has 0 aliphatic carbocycles. The van der Waals surface area contributed by atoms with E-state index in [1.165, 1.54) is 12.3 Å². The summed E-state index contributed by atoms with van der Waals surface area (Å²) in [7, 11) is 0. The van der Waals surface area contributed by atoms with Crippen LogP contribution in [0.4, 0.5) is 29.2 Å². The highest BCUT2D eigenvalue weighted by Crippen LogP contribution is 2.29. The van der Waals surface area contributed by atoms with Crippen molar-refractivity contribution in [3.63, 3.8) is 0 Å². The zero-order valence-electron chi connectivity index (χ0n) is 17.4. The quantitative estimate of drug-likeness (QED) is 0.593. The molecule has 3 heterocycles. The molecular weight excluding hydrogens is 446 g/mol. The van der Waals surface area contributed by atoms with E-state index in [1.54, 1.807) is 21.3 Å². The van der Waals surface area contributed by atoms with Gasteiger partial charge in [-0.15, -0.1) is 0 Å². The fourth-order valence-corrected chi connectivity index (χ4v) is 3.86. The van der Waals surface area contributed by atoms with Gasteiger partial charge in [-0.05, 0) is 25.1 Å². The first-order chi connectivity index (χ1) is 15.6. The monoisotopic (exact) mass is 465 g/mol. The molecule has 1 aliphatic heterocycles. The first kappa shape index (κ1) is 22.5. The van der Waals surface area contributed by atoms with Crippen molar-refractivity contribution in [1.29, 1.82) is 0 Å². The van der Waals surface area contributed by atoms with Gasteiger partial charge in [-0.3, -0.25) is 4.79 Å². The molecule has 12 heteroatoms. The Labute approximate surface area is 184 Å². The van der Waals surface area contributed by atoms with Gasteiger partial charge in [-0.1, -0.05) is 0 Å². The largest absolute Gasteiger partial charge is 0.477 e. The van der Waals surface area contributed by atoms with Gasteiger partial charge in [0.1, 0.15) is 17.1 Å². The summed E-state index contributed by atoms with van der Waals surface area (Å²) in [6, 6.07) is 3.33. The highest BCUT2D eigenvalue weighted by molar-refractivity contribution is 5.93. The van der Waals surface area contributed by atoms with Gasteiger partial charge in [-0.2, -0.15) is 13.2 Å². The topological polar surface area (TPSA) is 91.6 Å². The number of fused-ring (bicyclic) bond motifs is 1. The number of alkyl halides is 3. The van der Waals surface area contributed by atoms with E-state index >= 15 is 0 Å². The number of aryl methyl sites for hydroxylation is 1. The summed E-state index contributed by atoms with van der Waals surface area (Å²) in [4.78, 5) is 34.7. The van der Waals surface area contributed by atoms with Crippen molar-refractivity contribution in [3.05, 3.63) is 57.9 Å². The molecule has 0 saturated carbocycles. The highest BCUT2D eigenvalue weighted by Gasteiger charge is 2.33. The van der Waals surface area contributed by atoms with E-state index < -0.39 is 34.6 Å². The number of carbonyl (C=O) groups is 1. The summed E-state index contributed by atoms with van der Waals surface area (Å²) in [6.07, 6.45) is -2.29. The Hall–Kier alpha value is -3.70. The van der Waals surface area contributed by atoms with Gasteiger partial charge in [-0.25, -0.2) is 19.2 Å². The molecule has 0 spiro atoms. The minimum Gasteiger partial charge on any atom is -0.477 e. The molecule has 8 nitrogen and oxygen atoms in total. The molecule has 1 fully saturated rings. The number of rotatable bonds is 4. The molecule has 3 aromatic rings. The summed E-state index contributed by atoms with van der Waals surface area (Å²) in [6.45, 7) is 3.22. The molecule has 0 amide bonds. The fourth-order valence-electron chi connectivity index (χ4n) is 3.86. The summed E-state index contributed by atoms with van der Waals surface area (Å²) in [5.41, 5.74) is -1.62. The SMILES string of the molecule is CCn1cc(C(=O)O)c(=O)c2cc(F)c(N3CCN(c4nccc(C(F)(F)F)n4)CC3)cc21. The van der Waals surface area contributed by atoms with Crippen LogP contribution in [0.15, 0.2) is 35.4 Å². The number of piperazine rings is 1. The third-order valence-electron chi connectivity index (χ3n) is 5.56. The number of aromatic carboxylic acids is 1. The number of carboxylic acid groups (broad SMARTS) is 1. The van der Waals surface area contributed by atoms with Crippen LogP contribution in [0.5, 0.6) is 0 Å². The molecule has 0 bridgehead atoms. The minimum absolute atomic E-state index is 0.0333. The Morgan fingerprint density at radius 2 is 1.82 bits per heavy atom. The molecule has 0 radical (unpaired) electrons. The van der Waals surface area contributed by atoms with Crippen LogP contribution in [-0.2, 0) is 12.7 Å². The number of halogens is 4. The third-order valence-corrected chi connectivity index (χ3v) is 5.56. The lowest BCUT2D eigenvalue weighted by Gasteiger charge is -2.36. The number of pyridine rings is 1. The predicted octanol–water partition coefficient (Wildman–Crippen LogP) is 2.99. The van der Waals surface area contributed by atoms with Crippen LogP contribution >= 0.6 is 0 Å². The lowest BCUT2D eigenvalue weighted by atomic mass is 10.1. The first-order valence-corrected chi connectivity index (χ1v) is 10.1. The molecule has 0 atom stereocenters. The smallest absolute Gasteiger partial charge is 0.433 e. The number of anilines is 2. The van der Waals surface area contributed by atoms with Gasteiger partial charge in [0.25, 0.3) is 0 Å². The van der Waals surface area contributed by atoms with Crippen molar-refractivity contribution in [3.8, 4) is 0 Å². The van der Waals surface area contributed by atoms with Gasteiger partial charge in [0, 0.05) is 50.5 Å². The third kappa shape index (κ3) is 4.20. The molecular formula is C21H19F4N5O3. The van der Waals surface area contributed by atoms with E-state index in [4.69, 9.17) is 0 Å². The van der Waals surface area contributed by atoms with Crippen molar-refractivity contribution in [2.75, 3.05) is 36.0 Å². The summed E-state index contributed by atoms with van der Waals surface area (Å²) < 4.78 is 55.3. The van der Waals surface area contributed by atoms with Crippen LogP contribution in [0.1, 0.15) is 23.0 Å². The Morgan fingerprint density at radius 3 is 2.42 bits per heavy atom. The molecule has 0 unspecified atom stereocenters. The molecule has 2 aromatic heterocycles. The number of hydrogen-bond donors (Lipinski definition) is 1. The molecule has 1 aliphatic rings. The Kier molecular flexibility index (Phi) is 5.68. The van der Waals surface area contributed by atoms with Crippen molar-refractivity contribution in [2.45, 2.75) is 19.6 Å². The maximum absolute atomic E-state index is 15.0. The van der Waals surface area contributed by atoms with Crippen LogP contribution in [0, 0.1) is 5.82 Å². The fraction of sp³-hybridized carbons (Fsp3) is 0.333. The van der Waals surface area contributed by atoms with E-state index in [-0.39, 0.29) is 43.2 Å². The van der Waals surface area contributed by atoms with Gasteiger partial charge in [0.2, 0.25) is 11.4 Å². The lowest BCUT2D eigenvalue weighted by Crippen LogP contribution is -2.47. The van der Waals surface area contributed by atoms with Crippen LogP contribution < -0.4 is 15.2 Å². The van der Waals surface area contributed by atoms with E-state index in [1.807, 2.05) is 0 Å². The maximum Gasteiger partial charge on any atom is 0.433 e. The minimum atomic E-state index is -4.58. The molecule has 4 rings (SSSR count). The average molecular weight is 465 g/mol. The van der Waals surface area contributed by atoms with Gasteiger partial charge < -0.3 is 19.5 Å². The number of aromatic nitrogens is 3. The number of benzene rings is 1. The van der Waals surface area contributed by atoms with Crippen LogP contribution in [0.3, 0.4) is 0 Å². The summed E-state index contributed by atoms with van der Waals surface area (Å²) >= 11 is 0. The van der Waals surface area contributed by atoms with E-state index in [9.17, 15) is 32.3 Å². The summed E-state index contributed by atoms with van der Waals surface area (Å²) in [5.74, 6) is -2.13. The predicted molar refractivity (Wildman–Crippen MR) is 112 cm³/mol. The second-order valence-electron chi connectivity index (χ2n) is 7.50. The van der Waals surface area contributed by atoms with E-state index in [2.05, 4.69) is 9.97 Å². The van der Waals surface area contributed by atoms with E-state index in [0.29, 0.717) is 12.1 Å². The highest BCUT2D eigenvalue weighted by atomic mass is 19.4. The molecule has 1 saturated heterocycles. The molecule has 33 heavy (non-hydrogen) atoms. The summed E-state index contributed by atoms with van der Waals surface area (Å²) in [5, 5.41) is 9.23. The molecule has 1 N–H and O–H groups in total. The Bertz CT molecular complexity index is 1280. The zero-order chi connectivity index (χ0) is 23.9. The maximum atomic E-state index is 15.0. The van der Waals surface area contributed by atoms with Crippen molar-refractivity contribution in [2.24, 2.45) is 0 Å². The second-order valence-corrected chi connectivity index (χ2v) is 7.50. The van der Waals surface area contributed by atoms with Crippen molar-refractivity contribution < 1.29 is 27.5 Å². The van der Waals surface area contributed by atoms with Gasteiger partial charge in [0.15, 0.2) is 0 Å². The van der Waals surface area contributed by atoms with Gasteiger partial charge in [0.05, 0.1) is 11.2 Å². The average Bonchev–Trinajstić information content (AvgIpc) is 2.79. The Morgan fingerprint density at radius 1 is 1.15 bits per heavy atom. The van der Waals surface area contributed by atoms with Gasteiger partial charge >= 0.3 is 12.1 Å². The van der Waals surface area contributed by atoms with Crippen LogP contribution in [0.25, 0.3) is 10.9 Å². The van der Waals surface area contributed by atoms with Crippen molar-refractivity contribution >= 4 is 28.5 Å².